The second kappa shape index (κ2) is 7.01. The van der Waals surface area contributed by atoms with E-state index in [-0.39, 0.29) is 16.0 Å². The molecule has 0 bridgehead atoms. The molecule has 0 aliphatic carbocycles. The molecule has 0 aliphatic rings. The van der Waals surface area contributed by atoms with Crippen LogP contribution in [0.5, 0.6) is 5.75 Å². The van der Waals surface area contributed by atoms with Crippen LogP contribution in [0.15, 0.2) is 36.4 Å². The number of nitrogens with one attached hydrogen (secondary N) is 1. The summed E-state index contributed by atoms with van der Waals surface area (Å²) in [4.78, 5) is 23.0. The normalized spacial score (nSPS) is 10.2. The van der Waals surface area contributed by atoms with Gasteiger partial charge in [-0.1, -0.05) is 34.8 Å². The number of esters is 1. The molecule has 2 aromatic rings. The number of hydrogen-bond donors (Lipinski definition) is 1. The van der Waals surface area contributed by atoms with Crippen LogP contribution in [0.25, 0.3) is 0 Å². The lowest BCUT2D eigenvalue weighted by molar-refractivity contribution is -0.131. The molecule has 0 unspecified atom stereocenters. The first-order chi connectivity index (χ1) is 10.4. The molecule has 0 aromatic heterocycles. The third kappa shape index (κ3) is 4.13. The van der Waals surface area contributed by atoms with E-state index in [1.807, 2.05) is 0 Å². The maximum atomic E-state index is 12.1. The van der Waals surface area contributed by atoms with Crippen molar-refractivity contribution < 1.29 is 14.3 Å². The summed E-state index contributed by atoms with van der Waals surface area (Å²) >= 11 is 17.7. The van der Waals surface area contributed by atoms with E-state index in [1.54, 1.807) is 0 Å². The SMILES string of the molecule is CC(=O)Oc1ccc(C(=O)Nc2cc(Cl)c(Cl)cc2Cl)cc1. The topological polar surface area (TPSA) is 55.4 Å². The van der Waals surface area contributed by atoms with Crippen LogP contribution in [-0.4, -0.2) is 11.9 Å². The van der Waals surface area contributed by atoms with Crippen LogP contribution in [0.1, 0.15) is 17.3 Å². The number of ether oxygens (including phenoxy) is 1. The van der Waals surface area contributed by atoms with Gasteiger partial charge >= 0.3 is 5.97 Å². The largest absolute Gasteiger partial charge is 0.427 e. The molecule has 0 saturated heterocycles. The van der Waals surface area contributed by atoms with Gasteiger partial charge in [0.15, 0.2) is 0 Å². The van der Waals surface area contributed by atoms with Crippen LogP contribution < -0.4 is 10.1 Å². The molecule has 2 aromatic carbocycles. The zero-order chi connectivity index (χ0) is 16.3. The minimum atomic E-state index is -0.431. The van der Waals surface area contributed by atoms with E-state index in [0.717, 1.165) is 0 Å². The lowest BCUT2D eigenvalue weighted by Gasteiger charge is -2.09. The Kier molecular flexibility index (Phi) is 5.29. The van der Waals surface area contributed by atoms with Gasteiger partial charge in [0.25, 0.3) is 5.91 Å². The highest BCUT2D eigenvalue weighted by Gasteiger charge is 2.11. The average Bonchev–Trinajstić information content (AvgIpc) is 2.44. The first kappa shape index (κ1) is 16.6. The molecule has 1 N–H and O–H groups in total. The van der Waals surface area contributed by atoms with Gasteiger partial charge in [-0.3, -0.25) is 9.59 Å². The number of hydrogen-bond acceptors (Lipinski definition) is 3. The van der Waals surface area contributed by atoms with Crippen LogP contribution in [-0.2, 0) is 4.79 Å². The standard InChI is InChI=1S/C15H10Cl3NO3/c1-8(20)22-10-4-2-9(3-5-10)15(21)19-14-7-12(17)11(16)6-13(14)18/h2-7H,1H3,(H,19,21). The Bertz CT molecular complexity index is 730. The summed E-state index contributed by atoms with van der Waals surface area (Å²) in [6, 6.07) is 9.01. The summed E-state index contributed by atoms with van der Waals surface area (Å²) in [5.41, 5.74) is 0.725. The van der Waals surface area contributed by atoms with Gasteiger partial charge in [-0.15, -0.1) is 0 Å². The number of benzene rings is 2. The maximum Gasteiger partial charge on any atom is 0.308 e. The van der Waals surface area contributed by atoms with Crippen LogP contribution >= 0.6 is 34.8 Å². The zero-order valence-electron chi connectivity index (χ0n) is 11.3. The maximum absolute atomic E-state index is 12.1. The Morgan fingerprint density at radius 1 is 0.955 bits per heavy atom. The first-order valence-electron chi connectivity index (χ1n) is 6.11. The molecule has 0 aliphatic heterocycles. The average molecular weight is 359 g/mol. The molecule has 0 spiro atoms. The van der Waals surface area contributed by atoms with Crippen molar-refractivity contribution in [2.75, 3.05) is 5.32 Å². The van der Waals surface area contributed by atoms with Gasteiger partial charge in [-0.2, -0.15) is 0 Å². The van der Waals surface area contributed by atoms with Gasteiger partial charge in [0.1, 0.15) is 5.75 Å². The Balaban J connectivity index is 2.15. The Morgan fingerprint density at radius 2 is 1.55 bits per heavy atom. The molecule has 0 heterocycles. The highest BCUT2D eigenvalue weighted by Crippen LogP contribution is 2.32. The number of carbonyl (C=O) groups is 2. The molecule has 22 heavy (non-hydrogen) atoms. The van der Waals surface area contributed by atoms with Crippen molar-refractivity contribution in [1.82, 2.24) is 0 Å². The third-order valence-electron chi connectivity index (χ3n) is 2.64. The third-order valence-corrected chi connectivity index (χ3v) is 3.67. The first-order valence-corrected chi connectivity index (χ1v) is 7.24. The molecular weight excluding hydrogens is 349 g/mol. The fraction of sp³-hybridized carbons (Fsp3) is 0.0667. The Hall–Kier alpha value is -1.75. The highest BCUT2D eigenvalue weighted by atomic mass is 35.5. The number of carbonyl (C=O) groups excluding carboxylic acids is 2. The van der Waals surface area contributed by atoms with Crippen LogP contribution in [0.2, 0.25) is 15.1 Å². The zero-order valence-corrected chi connectivity index (χ0v) is 13.6. The fourth-order valence-corrected chi connectivity index (χ4v) is 2.25. The lowest BCUT2D eigenvalue weighted by atomic mass is 10.2. The minimum Gasteiger partial charge on any atom is -0.427 e. The number of rotatable bonds is 3. The molecule has 0 saturated carbocycles. The van der Waals surface area contributed by atoms with Crippen molar-refractivity contribution in [2.45, 2.75) is 6.92 Å². The van der Waals surface area contributed by atoms with Gasteiger partial charge < -0.3 is 10.1 Å². The Morgan fingerprint density at radius 3 is 2.14 bits per heavy atom. The predicted octanol–water partition coefficient (Wildman–Crippen LogP) is 4.82. The summed E-state index contributed by atoms with van der Waals surface area (Å²) < 4.78 is 4.89. The highest BCUT2D eigenvalue weighted by molar-refractivity contribution is 6.44. The van der Waals surface area contributed by atoms with E-state index >= 15 is 0 Å². The smallest absolute Gasteiger partial charge is 0.308 e. The number of halogens is 3. The van der Waals surface area contributed by atoms with E-state index in [4.69, 9.17) is 39.5 Å². The quantitative estimate of drug-likeness (QED) is 0.486. The summed E-state index contributed by atoms with van der Waals surface area (Å²) in [6.07, 6.45) is 0. The van der Waals surface area contributed by atoms with E-state index in [1.165, 1.54) is 43.3 Å². The van der Waals surface area contributed by atoms with Crippen LogP contribution in [0, 0.1) is 0 Å². The molecule has 0 fully saturated rings. The molecule has 0 atom stereocenters. The molecular formula is C15H10Cl3NO3. The van der Waals surface area contributed by atoms with E-state index in [2.05, 4.69) is 5.32 Å². The van der Waals surface area contributed by atoms with Gasteiger partial charge in [0.05, 0.1) is 20.8 Å². The van der Waals surface area contributed by atoms with Crippen molar-refractivity contribution >= 4 is 52.4 Å². The van der Waals surface area contributed by atoms with Crippen LogP contribution in [0.4, 0.5) is 5.69 Å². The van der Waals surface area contributed by atoms with Crippen molar-refractivity contribution in [3.8, 4) is 5.75 Å². The van der Waals surface area contributed by atoms with Crippen LogP contribution in [0.3, 0.4) is 0 Å². The molecule has 4 nitrogen and oxygen atoms in total. The molecule has 0 radical (unpaired) electrons. The Labute approximate surface area is 141 Å². The molecule has 7 heteroatoms. The fourth-order valence-electron chi connectivity index (χ4n) is 1.65. The van der Waals surface area contributed by atoms with E-state index in [0.29, 0.717) is 22.0 Å². The van der Waals surface area contributed by atoms with Crippen molar-refractivity contribution in [3.63, 3.8) is 0 Å². The second-order valence-electron chi connectivity index (χ2n) is 4.32. The molecule has 2 rings (SSSR count). The summed E-state index contributed by atoms with van der Waals surface area (Å²) in [6.45, 7) is 1.30. The molecule has 1 amide bonds. The van der Waals surface area contributed by atoms with E-state index in [9.17, 15) is 9.59 Å². The summed E-state index contributed by atoms with van der Waals surface area (Å²) in [7, 11) is 0. The molecule has 114 valence electrons. The predicted molar refractivity (Wildman–Crippen MR) is 87.2 cm³/mol. The summed E-state index contributed by atoms with van der Waals surface area (Å²) in [5.74, 6) is -0.453. The van der Waals surface area contributed by atoms with E-state index < -0.39 is 5.97 Å². The van der Waals surface area contributed by atoms with Gasteiger partial charge in [-0.25, -0.2) is 0 Å². The number of amides is 1. The second-order valence-corrected chi connectivity index (χ2v) is 5.54. The minimum absolute atomic E-state index is 0.277. The van der Waals surface area contributed by atoms with Gasteiger partial charge in [0, 0.05) is 12.5 Å². The van der Waals surface area contributed by atoms with Crippen molar-refractivity contribution in [1.29, 1.82) is 0 Å². The monoisotopic (exact) mass is 357 g/mol. The van der Waals surface area contributed by atoms with Crippen molar-refractivity contribution in [3.05, 3.63) is 57.0 Å². The summed E-state index contributed by atoms with van der Waals surface area (Å²) in [5, 5.41) is 3.50. The number of anilines is 1. The lowest BCUT2D eigenvalue weighted by Crippen LogP contribution is -2.12. The van der Waals surface area contributed by atoms with Gasteiger partial charge in [0.2, 0.25) is 0 Å². The van der Waals surface area contributed by atoms with Crippen molar-refractivity contribution in [2.24, 2.45) is 0 Å². The van der Waals surface area contributed by atoms with Gasteiger partial charge in [-0.05, 0) is 36.4 Å².